The number of likely N-dealkylation sites (N-methyl/N-ethyl adjacent to an activating group) is 1. The van der Waals surface area contributed by atoms with E-state index in [0.717, 1.165) is 24.3 Å². The Morgan fingerprint density at radius 3 is 2.17 bits per heavy atom. The van der Waals surface area contributed by atoms with Crippen LogP contribution >= 0.6 is 0 Å². The van der Waals surface area contributed by atoms with Crippen LogP contribution in [0.25, 0.3) is 0 Å². The second-order valence-electron chi connectivity index (χ2n) is 6.09. The van der Waals surface area contributed by atoms with Gasteiger partial charge in [-0.25, -0.2) is 0 Å². The van der Waals surface area contributed by atoms with Crippen molar-refractivity contribution < 1.29 is 35.9 Å². The first-order valence-electron chi connectivity index (χ1n) is 8.51. The lowest BCUT2D eigenvalue weighted by atomic mass is 10.1. The highest BCUT2D eigenvalue weighted by Crippen LogP contribution is 2.34. The zero-order chi connectivity index (χ0) is 21.7. The number of hydrogen-bond acceptors (Lipinski definition) is 3. The maximum atomic E-state index is 13.0. The van der Waals surface area contributed by atoms with E-state index >= 15 is 0 Å². The van der Waals surface area contributed by atoms with Crippen LogP contribution in [0.4, 0.5) is 32.0 Å². The third kappa shape index (κ3) is 7.30. The third-order valence-electron chi connectivity index (χ3n) is 3.88. The molecule has 4 nitrogen and oxygen atoms in total. The lowest BCUT2D eigenvalue weighted by Gasteiger charge is -2.21. The minimum Gasteiger partial charge on any atom is -0.406 e. The molecule has 0 fully saturated rings. The van der Waals surface area contributed by atoms with Gasteiger partial charge in [0.1, 0.15) is 5.75 Å². The Labute approximate surface area is 163 Å². The summed E-state index contributed by atoms with van der Waals surface area (Å²) in [5.41, 5.74) is -0.670. The van der Waals surface area contributed by atoms with E-state index in [1.165, 1.54) is 24.3 Å². The van der Waals surface area contributed by atoms with E-state index in [4.69, 9.17) is 0 Å². The Bertz CT molecular complexity index is 819. The van der Waals surface area contributed by atoms with E-state index in [1.54, 1.807) is 11.8 Å². The van der Waals surface area contributed by atoms with Gasteiger partial charge < -0.3 is 10.1 Å². The van der Waals surface area contributed by atoms with Crippen LogP contribution < -0.4 is 10.1 Å². The Morgan fingerprint density at radius 1 is 1.00 bits per heavy atom. The number of carbonyl (C=O) groups excluding carboxylic acids is 1. The van der Waals surface area contributed by atoms with Crippen molar-refractivity contribution in [3.8, 4) is 5.75 Å². The normalized spacial score (nSPS) is 12.1. The minimum absolute atomic E-state index is 0.191. The maximum Gasteiger partial charge on any atom is 0.573 e. The smallest absolute Gasteiger partial charge is 0.406 e. The Kier molecular flexibility index (Phi) is 7.12. The summed E-state index contributed by atoms with van der Waals surface area (Å²) in [5.74, 6) is -1.01. The molecule has 0 saturated carbocycles. The van der Waals surface area contributed by atoms with Crippen molar-refractivity contribution >= 4 is 11.6 Å². The molecule has 0 aromatic heterocycles. The molecule has 0 aliphatic rings. The number of halogens is 6. The predicted molar refractivity (Wildman–Crippen MR) is 94.1 cm³/mol. The number of benzene rings is 2. The molecule has 1 amide bonds. The molecule has 0 aliphatic heterocycles. The molecule has 2 rings (SSSR count). The number of anilines is 1. The first-order valence-corrected chi connectivity index (χ1v) is 8.51. The van der Waals surface area contributed by atoms with Crippen molar-refractivity contribution in [1.82, 2.24) is 4.90 Å². The fourth-order valence-electron chi connectivity index (χ4n) is 2.57. The lowest BCUT2D eigenvalue weighted by molar-refractivity contribution is -0.274. The molecule has 0 aliphatic carbocycles. The maximum absolute atomic E-state index is 13.0. The number of hydrogen-bond donors (Lipinski definition) is 1. The number of nitrogens with one attached hydrogen (secondary N) is 1. The zero-order valence-electron chi connectivity index (χ0n) is 15.3. The quantitative estimate of drug-likeness (QED) is 0.637. The summed E-state index contributed by atoms with van der Waals surface area (Å²) in [6.45, 7) is 2.17. The summed E-state index contributed by atoms with van der Waals surface area (Å²) >= 11 is 0. The molecular weight excluding hydrogens is 402 g/mol. The van der Waals surface area contributed by atoms with Gasteiger partial charge in [0.25, 0.3) is 0 Å². The molecule has 0 spiro atoms. The Hall–Kier alpha value is -2.75. The van der Waals surface area contributed by atoms with Gasteiger partial charge in [0.15, 0.2) is 0 Å². The Balaban J connectivity index is 1.99. The van der Waals surface area contributed by atoms with E-state index in [9.17, 15) is 31.1 Å². The number of para-hydroxylation sites is 1. The van der Waals surface area contributed by atoms with Crippen LogP contribution in [0.2, 0.25) is 0 Å². The van der Waals surface area contributed by atoms with Crippen LogP contribution in [0, 0.1) is 0 Å². The van der Waals surface area contributed by atoms with Gasteiger partial charge in [-0.15, -0.1) is 13.2 Å². The van der Waals surface area contributed by atoms with Gasteiger partial charge in [-0.3, -0.25) is 9.69 Å². The monoisotopic (exact) mass is 420 g/mol. The van der Waals surface area contributed by atoms with Crippen molar-refractivity contribution in [1.29, 1.82) is 0 Å². The van der Waals surface area contributed by atoms with E-state index in [-0.39, 0.29) is 24.5 Å². The molecular formula is C19H18F6N2O2. The number of alkyl halides is 6. The molecule has 0 bridgehead atoms. The minimum atomic E-state index is -4.79. The van der Waals surface area contributed by atoms with Crippen molar-refractivity contribution in [2.75, 3.05) is 18.4 Å². The average Bonchev–Trinajstić information content (AvgIpc) is 2.61. The van der Waals surface area contributed by atoms with Gasteiger partial charge >= 0.3 is 12.5 Å². The average molecular weight is 420 g/mol. The number of rotatable bonds is 7. The highest BCUT2D eigenvalue weighted by Gasteiger charge is 2.33. The number of carbonyl (C=O) groups is 1. The van der Waals surface area contributed by atoms with E-state index in [0.29, 0.717) is 12.1 Å². The topological polar surface area (TPSA) is 41.6 Å². The molecule has 2 aromatic rings. The van der Waals surface area contributed by atoms with Gasteiger partial charge in [-0.2, -0.15) is 13.2 Å². The van der Waals surface area contributed by atoms with E-state index < -0.39 is 24.0 Å². The molecule has 0 unspecified atom stereocenters. The van der Waals surface area contributed by atoms with Crippen molar-refractivity contribution in [2.24, 2.45) is 0 Å². The second kappa shape index (κ2) is 9.17. The van der Waals surface area contributed by atoms with Crippen molar-refractivity contribution in [3.63, 3.8) is 0 Å². The summed E-state index contributed by atoms with van der Waals surface area (Å²) in [5, 5.41) is 2.26. The molecule has 0 saturated heterocycles. The third-order valence-corrected chi connectivity index (χ3v) is 3.88. The summed E-state index contributed by atoms with van der Waals surface area (Å²) in [6, 6.07) is 9.78. The van der Waals surface area contributed by atoms with Crippen LogP contribution in [-0.4, -0.2) is 30.3 Å². The number of nitrogens with zero attached hydrogens (tertiary/aromatic N) is 1. The zero-order valence-corrected chi connectivity index (χ0v) is 15.3. The molecule has 0 heterocycles. The van der Waals surface area contributed by atoms with E-state index in [1.807, 2.05) is 0 Å². The van der Waals surface area contributed by atoms with Crippen LogP contribution in [-0.2, 0) is 17.5 Å². The predicted octanol–water partition coefficient (Wildman–Crippen LogP) is 5.06. The molecule has 10 heteroatoms. The van der Waals surface area contributed by atoms with Crippen LogP contribution in [0.3, 0.4) is 0 Å². The van der Waals surface area contributed by atoms with Crippen LogP contribution in [0.1, 0.15) is 18.1 Å². The van der Waals surface area contributed by atoms with Gasteiger partial charge in [0.05, 0.1) is 17.8 Å². The SMILES string of the molecule is CCN(CC(=O)Nc1ccccc1C(F)(F)F)Cc1ccc(OC(F)(F)F)cc1. The number of amides is 1. The largest absolute Gasteiger partial charge is 0.573 e. The van der Waals surface area contributed by atoms with Gasteiger partial charge in [-0.05, 0) is 36.4 Å². The Morgan fingerprint density at radius 2 is 1.62 bits per heavy atom. The van der Waals surface area contributed by atoms with Gasteiger partial charge in [0.2, 0.25) is 5.91 Å². The fourth-order valence-corrected chi connectivity index (χ4v) is 2.57. The highest BCUT2D eigenvalue weighted by atomic mass is 19.4. The summed E-state index contributed by atoms with van der Waals surface area (Å²) in [6.07, 6.45) is -9.39. The number of ether oxygens (including phenoxy) is 1. The highest BCUT2D eigenvalue weighted by molar-refractivity contribution is 5.93. The first-order chi connectivity index (χ1) is 13.5. The van der Waals surface area contributed by atoms with Crippen LogP contribution in [0.5, 0.6) is 5.75 Å². The molecule has 0 atom stereocenters. The summed E-state index contributed by atoms with van der Waals surface area (Å²) < 4.78 is 79.4. The standard InChI is InChI=1S/C19H18F6N2O2/c1-2-27(11-13-7-9-14(10-8-13)29-19(23,24)25)12-17(28)26-16-6-4-3-5-15(16)18(20,21)22/h3-10H,2,11-12H2,1H3,(H,26,28). The molecule has 1 N–H and O–H groups in total. The molecule has 29 heavy (non-hydrogen) atoms. The van der Waals surface area contributed by atoms with Gasteiger partial charge in [0, 0.05) is 6.54 Å². The molecule has 0 radical (unpaired) electrons. The molecule has 2 aromatic carbocycles. The van der Waals surface area contributed by atoms with Gasteiger partial charge in [-0.1, -0.05) is 31.2 Å². The molecule has 158 valence electrons. The first kappa shape index (κ1) is 22.5. The van der Waals surface area contributed by atoms with E-state index in [2.05, 4.69) is 10.1 Å². The lowest BCUT2D eigenvalue weighted by Crippen LogP contribution is -2.33. The van der Waals surface area contributed by atoms with Crippen molar-refractivity contribution in [3.05, 3.63) is 59.7 Å². The summed E-state index contributed by atoms with van der Waals surface area (Å²) in [7, 11) is 0. The van der Waals surface area contributed by atoms with Crippen LogP contribution in [0.15, 0.2) is 48.5 Å². The summed E-state index contributed by atoms with van der Waals surface area (Å²) in [4.78, 5) is 13.8. The second-order valence-corrected chi connectivity index (χ2v) is 6.09. The van der Waals surface area contributed by atoms with Crippen molar-refractivity contribution in [2.45, 2.75) is 26.0 Å². The fraction of sp³-hybridized carbons (Fsp3) is 0.316.